The maximum atomic E-state index is 6.12. The Labute approximate surface area is 111 Å². The zero-order valence-electron chi connectivity index (χ0n) is 12.5. The molecule has 0 amide bonds. The van der Waals surface area contributed by atoms with Gasteiger partial charge in [-0.1, -0.05) is 40.5 Å². The fourth-order valence-electron chi connectivity index (χ4n) is 2.08. The Balaban J connectivity index is 2.47. The molecule has 0 aliphatic carbocycles. The second-order valence-corrected chi connectivity index (χ2v) is 5.74. The standard InChI is InChI=1S/C14H28N4/c1-10(2)8-6-7-9-16-14-12(15)13(11(3)4)17-18(14)5/h10-11,16H,6-9,15H2,1-5H3. The van der Waals surface area contributed by atoms with Crippen molar-refractivity contribution in [1.82, 2.24) is 9.78 Å². The van der Waals surface area contributed by atoms with E-state index in [0.717, 1.165) is 29.7 Å². The minimum absolute atomic E-state index is 0.368. The van der Waals surface area contributed by atoms with E-state index in [-0.39, 0.29) is 0 Å². The normalized spacial score (nSPS) is 11.5. The summed E-state index contributed by atoms with van der Waals surface area (Å²) in [5.41, 5.74) is 7.91. The third kappa shape index (κ3) is 3.93. The van der Waals surface area contributed by atoms with Crippen molar-refractivity contribution in [1.29, 1.82) is 0 Å². The topological polar surface area (TPSA) is 55.9 Å². The lowest BCUT2D eigenvalue weighted by atomic mass is 10.1. The number of aryl methyl sites for hydroxylation is 1. The summed E-state index contributed by atoms with van der Waals surface area (Å²) in [4.78, 5) is 0. The highest BCUT2D eigenvalue weighted by molar-refractivity contribution is 5.65. The average Bonchev–Trinajstić information content (AvgIpc) is 2.55. The van der Waals surface area contributed by atoms with E-state index in [1.54, 1.807) is 0 Å². The van der Waals surface area contributed by atoms with Gasteiger partial charge in [0.1, 0.15) is 5.82 Å². The monoisotopic (exact) mass is 252 g/mol. The van der Waals surface area contributed by atoms with Crippen molar-refractivity contribution >= 4 is 11.5 Å². The number of nitrogen functional groups attached to an aromatic ring is 1. The smallest absolute Gasteiger partial charge is 0.147 e. The van der Waals surface area contributed by atoms with Crippen LogP contribution in [0.5, 0.6) is 0 Å². The van der Waals surface area contributed by atoms with Gasteiger partial charge in [0.2, 0.25) is 0 Å². The molecule has 4 nitrogen and oxygen atoms in total. The van der Waals surface area contributed by atoms with Gasteiger partial charge in [-0.3, -0.25) is 4.68 Å². The summed E-state index contributed by atoms with van der Waals surface area (Å²) in [6, 6.07) is 0. The molecule has 0 saturated carbocycles. The van der Waals surface area contributed by atoms with Crippen LogP contribution < -0.4 is 11.1 Å². The van der Waals surface area contributed by atoms with Crippen molar-refractivity contribution in [3.8, 4) is 0 Å². The largest absolute Gasteiger partial charge is 0.394 e. The van der Waals surface area contributed by atoms with Crippen LogP contribution in [0, 0.1) is 5.92 Å². The van der Waals surface area contributed by atoms with Gasteiger partial charge >= 0.3 is 0 Å². The molecule has 18 heavy (non-hydrogen) atoms. The van der Waals surface area contributed by atoms with Crippen molar-refractivity contribution in [2.45, 2.75) is 52.9 Å². The van der Waals surface area contributed by atoms with E-state index in [2.05, 4.69) is 38.1 Å². The highest BCUT2D eigenvalue weighted by Crippen LogP contribution is 2.27. The molecule has 0 aliphatic rings. The molecule has 0 radical (unpaired) electrons. The third-order valence-corrected chi connectivity index (χ3v) is 3.16. The maximum Gasteiger partial charge on any atom is 0.147 e. The van der Waals surface area contributed by atoms with Gasteiger partial charge in [0, 0.05) is 13.6 Å². The van der Waals surface area contributed by atoms with E-state index in [1.807, 2.05) is 11.7 Å². The van der Waals surface area contributed by atoms with E-state index >= 15 is 0 Å². The first-order valence-electron chi connectivity index (χ1n) is 6.99. The van der Waals surface area contributed by atoms with Gasteiger partial charge < -0.3 is 11.1 Å². The van der Waals surface area contributed by atoms with Gasteiger partial charge in [-0.2, -0.15) is 5.10 Å². The lowest BCUT2D eigenvalue weighted by Crippen LogP contribution is -2.08. The number of nitrogens with two attached hydrogens (primary N) is 1. The summed E-state index contributed by atoms with van der Waals surface area (Å²) in [5, 5.41) is 7.87. The molecule has 0 atom stereocenters. The highest BCUT2D eigenvalue weighted by atomic mass is 15.3. The average molecular weight is 252 g/mol. The number of anilines is 2. The van der Waals surface area contributed by atoms with Crippen LogP contribution in [-0.4, -0.2) is 16.3 Å². The van der Waals surface area contributed by atoms with E-state index in [0.29, 0.717) is 5.92 Å². The first-order valence-corrected chi connectivity index (χ1v) is 6.99. The van der Waals surface area contributed by atoms with Crippen molar-refractivity contribution in [2.24, 2.45) is 13.0 Å². The molecule has 104 valence electrons. The van der Waals surface area contributed by atoms with E-state index < -0.39 is 0 Å². The van der Waals surface area contributed by atoms with Crippen LogP contribution in [0.4, 0.5) is 11.5 Å². The summed E-state index contributed by atoms with van der Waals surface area (Å²) in [6.45, 7) is 9.73. The van der Waals surface area contributed by atoms with Gasteiger partial charge in [-0.05, 0) is 18.3 Å². The predicted octanol–water partition coefficient (Wildman–Crippen LogP) is 3.36. The van der Waals surface area contributed by atoms with Gasteiger partial charge in [0.15, 0.2) is 0 Å². The summed E-state index contributed by atoms with van der Waals surface area (Å²) in [7, 11) is 1.94. The number of hydrogen-bond donors (Lipinski definition) is 2. The number of rotatable bonds is 7. The number of hydrogen-bond acceptors (Lipinski definition) is 3. The van der Waals surface area contributed by atoms with E-state index in [1.165, 1.54) is 19.3 Å². The van der Waals surface area contributed by atoms with Crippen LogP contribution in [-0.2, 0) is 7.05 Å². The minimum Gasteiger partial charge on any atom is -0.394 e. The van der Waals surface area contributed by atoms with Crippen molar-refractivity contribution < 1.29 is 0 Å². The molecule has 0 unspecified atom stereocenters. The highest BCUT2D eigenvalue weighted by Gasteiger charge is 2.15. The number of unbranched alkanes of at least 4 members (excludes halogenated alkanes) is 1. The van der Waals surface area contributed by atoms with Gasteiger partial charge in [-0.25, -0.2) is 0 Å². The third-order valence-electron chi connectivity index (χ3n) is 3.16. The Kier molecular flexibility index (Phi) is 5.51. The molecule has 3 N–H and O–H groups in total. The Morgan fingerprint density at radius 1 is 1.22 bits per heavy atom. The molecule has 1 rings (SSSR count). The molecular formula is C14H28N4. The van der Waals surface area contributed by atoms with Gasteiger partial charge in [0.25, 0.3) is 0 Å². The minimum atomic E-state index is 0.368. The number of nitrogens with zero attached hydrogens (tertiary/aromatic N) is 2. The fraction of sp³-hybridized carbons (Fsp3) is 0.786. The van der Waals surface area contributed by atoms with Crippen LogP contribution >= 0.6 is 0 Å². The predicted molar refractivity (Wildman–Crippen MR) is 78.9 cm³/mol. The van der Waals surface area contributed by atoms with Crippen molar-refractivity contribution in [3.63, 3.8) is 0 Å². The van der Waals surface area contributed by atoms with Crippen LogP contribution in [0.25, 0.3) is 0 Å². The summed E-state index contributed by atoms with van der Waals surface area (Å²) >= 11 is 0. The van der Waals surface area contributed by atoms with E-state index in [9.17, 15) is 0 Å². The first-order chi connectivity index (χ1) is 8.43. The molecule has 1 heterocycles. The zero-order valence-corrected chi connectivity index (χ0v) is 12.5. The molecule has 0 fully saturated rings. The van der Waals surface area contributed by atoms with Crippen LogP contribution in [0.15, 0.2) is 0 Å². The maximum absolute atomic E-state index is 6.12. The molecule has 0 bridgehead atoms. The quantitative estimate of drug-likeness (QED) is 0.732. The SMILES string of the molecule is CC(C)CCCCNc1c(N)c(C(C)C)nn1C. The second kappa shape index (κ2) is 6.66. The van der Waals surface area contributed by atoms with Crippen LogP contribution in [0.2, 0.25) is 0 Å². The summed E-state index contributed by atoms with van der Waals surface area (Å²) in [5.74, 6) is 2.12. The van der Waals surface area contributed by atoms with E-state index in [4.69, 9.17) is 5.73 Å². The van der Waals surface area contributed by atoms with Gasteiger partial charge in [-0.15, -0.1) is 0 Å². The molecule has 0 saturated heterocycles. The lowest BCUT2D eigenvalue weighted by molar-refractivity contribution is 0.544. The Hall–Kier alpha value is -1.19. The number of aromatic nitrogens is 2. The Bertz CT molecular complexity index is 366. The summed E-state index contributed by atoms with van der Waals surface area (Å²) in [6.07, 6.45) is 3.74. The molecule has 1 aromatic rings. The van der Waals surface area contributed by atoms with Crippen molar-refractivity contribution in [3.05, 3.63) is 5.69 Å². The zero-order chi connectivity index (χ0) is 13.7. The number of nitrogens with one attached hydrogen (secondary N) is 1. The van der Waals surface area contributed by atoms with Crippen LogP contribution in [0.3, 0.4) is 0 Å². The second-order valence-electron chi connectivity index (χ2n) is 5.74. The first kappa shape index (κ1) is 14.9. The molecule has 4 heteroatoms. The molecule has 0 aliphatic heterocycles. The lowest BCUT2D eigenvalue weighted by Gasteiger charge is -2.08. The molecular weight excluding hydrogens is 224 g/mol. The molecule has 1 aromatic heterocycles. The fourth-order valence-corrected chi connectivity index (χ4v) is 2.08. The van der Waals surface area contributed by atoms with Gasteiger partial charge in [0.05, 0.1) is 11.4 Å². The van der Waals surface area contributed by atoms with Crippen LogP contribution in [0.1, 0.15) is 58.6 Å². The van der Waals surface area contributed by atoms with Crippen molar-refractivity contribution in [2.75, 3.05) is 17.6 Å². The Morgan fingerprint density at radius 3 is 2.39 bits per heavy atom. The Morgan fingerprint density at radius 2 is 1.89 bits per heavy atom. The summed E-state index contributed by atoms with van der Waals surface area (Å²) < 4.78 is 1.85. The molecule has 0 spiro atoms. The molecule has 0 aromatic carbocycles.